The highest BCUT2D eigenvalue weighted by atomic mass is 35.5. The highest BCUT2D eigenvalue weighted by molar-refractivity contribution is 8.00. The van der Waals surface area contributed by atoms with E-state index in [1.807, 2.05) is 6.92 Å². The van der Waals surface area contributed by atoms with E-state index in [4.69, 9.17) is 22.2 Å². The number of Topliss-reactive ketones (excluding diaryl/α,β-unsaturated/α-hetero) is 1. The summed E-state index contributed by atoms with van der Waals surface area (Å²) in [6, 6.07) is 0.955. The first-order chi connectivity index (χ1) is 25.8. The van der Waals surface area contributed by atoms with Crippen molar-refractivity contribution in [1.82, 2.24) is 20.5 Å². The zero-order valence-corrected chi connectivity index (χ0v) is 32.2. The number of hydrogen-bond donors (Lipinski definition) is 7. The van der Waals surface area contributed by atoms with Crippen LogP contribution in [0.5, 0.6) is 11.5 Å². The number of thioether (sulfide) groups is 1. The molecule has 7 rings (SSSR count). The molecule has 55 heavy (non-hydrogen) atoms. The molecule has 0 spiro atoms. The zero-order chi connectivity index (χ0) is 40.2. The number of β-lactam (4-membered cyclic amide) rings is 1. The van der Waals surface area contributed by atoms with Crippen LogP contribution in [0.25, 0.3) is 0 Å². The first kappa shape index (κ1) is 39.8. The summed E-state index contributed by atoms with van der Waals surface area (Å²) in [4.78, 5) is 87.4. The van der Waals surface area contributed by atoms with Gasteiger partial charge in [0.25, 0.3) is 17.7 Å². The van der Waals surface area contributed by atoms with Crippen LogP contribution in [0.1, 0.15) is 56.1 Å². The Morgan fingerprint density at radius 3 is 2.35 bits per heavy atom. The lowest BCUT2D eigenvalue weighted by Crippen LogP contribution is -2.72. The van der Waals surface area contributed by atoms with Gasteiger partial charge in [0, 0.05) is 53.0 Å². The number of amides is 3. The van der Waals surface area contributed by atoms with Crippen LogP contribution in [0, 0.1) is 5.41 Å². The number of rotatable bonds is 13. The summed E-state index contributed by atoms with van der Waals surface area (Å²) in [5, 5.41) is 48.6. The van der Waals surface area contributed by atoms with Crippen LogP contribution in [0.15, 0.2) is 33.9 Å². The van der Waals surface area contributed by atoms with Crippen molar-refractivity contribution in [3.05, 3.63) is 45.1 Å². The van der Waals surface area contributed by atoms with Gasteiger partial charge in [0.2, 0.25) is 11.4 Å². The van der Waals surface area contributed by atoms with Gasteiger partial charge >= 0.3 is 11.9 Å². The molecule has 0 unspecified atom stereocenters. The van der Waals surface area contributed by atoms with Crippen molar-refractivity contribution in [3.63, 3.8) is 0 Å². The minimum Gasteiger partial charge on any atom is -0.504 e. The number of ketones is 1. The summed E-state index contributed by atoms with van der Waals surface area (Å²) in [5.41, 5.74) is 3.57. The number of carbonyl (C=O) groups excluding carboxylic acids is 4. The Morgan fingerprint density at radius 1 is 1.13 bits per heavy atom. The van der Waals surface area contributed by atoms with Crippen LogP contribution in [-0.2, 0) is 28.8 Å². The molecule has 4 saturated heterocycles. The minimum atomic E-state index is -1.80. The van der Waals surface area contributed by atoms with E-state index < -0.39 is 69.7 Å². The Labute approximate surface area is 326 Å². The molecule has 21 heteroatoms. The Balaban J connectivity index is 1.12. The molecule has 3 atom stereocenters. The normalized spacial score (nSPS) is 26.2. The number of nitrogens with one attached hydrogen (secondary N) is 2. The number of phenolic OH excluding ortho intramolecular Hbond substituents is 2. The SMILES string of the molecule is C[C@@H]1S[C@@H]2[C@H](NC(=O)/C(=N\OC(C)(C)C(=O)O)c3csc(N)n3)C(=O)N2C(C(=O)O)=C1C[N+]12CCC(CNC(=O)C(=O)c3cc(O)c(O)c(Cl)c3)(CC1)CC2. The van der Waals surface area contributed by atoms with Crippen molar-refractivity contribution in [1.29, 1.82) is 0 Å². The number of phenols is 2. The quantitative estimate of drug-likeness (QED) is 0.0287. The maximum Gasteiger partial charge on any atom is 0.352 e. The molecule has 294 valence electrons. The summed E-state index contributed by atoms with van der Waals surface area (Å²) in [5.74, 6) is -7.12. The highest BCUT2D eigenvalue weighted by Gasteiger charge is 2.58. The number of thiazole rings is 1. The second-order valence-electron chi connectivity index (χ2n) is 14.7. The van der Waals surface area contributed by atoms with Crippen molar-refractivity contribution in [2.75, 3.05) is 38.5 Å². The number of quaternary nitrogens is 1. The standard InChI is InChI=1S/C34H38ClN7O11S2/c1-15-17(12-42-7-4-34(5-8-42,6-9-42)14-37-27(47)24(44)16-10-18(35)25(45)20(43)11-16)23(30(49)50)41-28(48)22(29(41)55-15)39-26(46)21(19-13-54-32(36)38-19)40-53-33(2,3)31(51)52/h10-11,13,15,22,29H,4-9,12,14H2,1-3H3,(H7-,36,37,38,39,40,43,44,45,46,47,49,50,51,52)/p+1/t15-,22+,29+,34?,42?/m0/s1. The van der Waals surface area contributed by atoms with Gasteiger partial charge in [-0.1, -0.05) is 16.8 Å². The third-order valence-electron chi connectivity index (χ3n) is 10.8. The molecule has 1 aromatic carbocycles. The van der Waals surface area contributed by atoms with Gasteiger partial charge in [-0.3, -0.25) is 24.1 Å². The lowest BCUT2D eigenvalue weighted by Gasteiger charge is -2.56. The first-order valence-corrected chi connectivity index (χ1v) is 19.3. The number of oxime groups is 1. The number of aromatic hydroxyl groups is 2. The van der Waals surface area contributed by atoms with E-state index >= 15 is 0 Å². The molecule has 6 heterocycles. The predicted octanol–water partition coefficient (Wildman–Crippen LogP) is 1.50. The number of hydrogen-bond acceptors (Lipinski definition) is 14. The third-order valence-corrected chi connectivity index (χ3v) is 13.2. The van der Waals surface area contributed by atoms with E-state index in [1.165, 1.54) is 35.9 Å². The van der Waals surface area contributed by atoms with E-state index in [0.29, 0.717) is 55.5 Å². The molecule has 2 bridgehead atoms. The first-order valence-electron chi connectivity index (χ1n) is 17.1. The number of nitrogen functional groups attached to an aromatic ring is 1. The van der Waals surface area contributed by atoms with Crippen LogP contribution in [0.2, 0.25) is 5.02 Å². The lowest BCUT2D eigenvalue weighted by molar-refractivity contribution is -0.941. The Morgan fingerprint density at radius 2 is 1.78 bits per heavy atom. The van der Waals surface area contributed by atoms with Gasteiger partial charge < -0.3 is 46.1 Å². The Hall–Kier alpha value is -4.92. The second kappa shape index (κ2) is 14.6. The summed E-state index contributed by atoms with van der Waals surface area (Å²) < 4.78 is 0.590. The molecule has 3 amide bonds. The Kier molecular flexibility index (Phi) is 10.6. The number of benzene rings is 1. The molecule has 18 nitrogen and oxygen atoms in total. The summed E-state index contributed by atoms with van der Waals surface area (Å²) in [6.45, 7) is 7.00. The predicted molar refractivity (Wildman–Crippen MR) is 198 cm³/mol. The summed E-state index contributed by atoms with van der Waals surface area (Å²) >= 11 is 8.20. The topological polar surface area (TPSA) is 271 Å². The fourth-order valence-electron chi connectivity index (χ4n) is 7.26. The monoisotopic (exact) mass is 820 g/mol. The van der Waals surface area contributed by atoms with Gasteiger partial charge in [0.15, 0.2) is 22.3 Å². The van der Waals surface area contributed by atoms with E-state index in [2.05, 4.69) is 20.8 Å². The van der Waals surface area contributed by atoms with Crippen molar-refractivity contribution in [2.24, 2.45) is 10.6 Å². The number of nitrogens with two attached hydrogens (primary N) is 1. The van der Waals surface area contributed by atoms with Gasteiger partial charge in [-0.05, 0) is 32.9 Å². The maximum atomic E-state index is 13.6. The van der Waals surface area contributed by atoms with E-state index in [0.717, 1.165) is 23.5 Å². The van der Waals surface area contributed by atoms with E-state index in [1.54, 1.807) is 0 Å². The number of fused-ring (bicyclic) bond motifs is 4. The second-order valence-corrected chi connectivity index (χ2v) is 17.4. The van der Waals surface area contributed by atoms with Gasteiger partial charge in [0.1, 0.15) is 29.4 Å². The van der Waals surface area contributed by atoms with Crippen molar-refractivity contribution in [2.45, 2.75) is 62.3 Å². The van der Waals surface area contributed by atoms with Crippen molar-refractivity contribution < 1.29 is 58.5 Å². The zero-order valence-electron chi connectivity index (χ0n) is 29.8. The number of aromatic nitrogens is 1. The van der Waals surface area contributed by atoms with Gasteiger partial charge in [0.05, 0.1) is 24.7 Å². The number of carboxylic acids is 2. The number of carboxylic acid groups (broad SMARTS) is 2. The van der Waals surface area contributed by atoms with E-state index in [-0.39, 0.29) is 44.3 Å². The average molecular weight is 821 g/mol. The number of carbonyl (C=O) groups is 6. The molecule has 1 aromatic heterocycles. The smallest absolute Gasteiger partial charge is 0.352 e. The molecule has 8 N–H and O–H groups in total. The fourth-order valence-corrected chi connectivity index (χ4v) is 9.46. The molecule has 2 aromatic rings. The van der Waals surface area contributed by atoms with Crippen LogP contribution in [0.4, 0.5) is 5.13 Å². The molecule has 5 aliphatic rings. The molecule has 5 aliphatic heterocycles. The molecule has 0 saturated carbocycles. The van der Waals surface area contributed by atoms with Crippen LogP contribution in [-0.4, -0.2) is 131 Å². The number of halogens is 1. The number of aliphatic carboxylic acids is 2. The minimum absolute atomic E-state index is 0.000330. The third kappa shape index (κ3) is 7.54. The summed E-state index contributed by atoms with van der Waals surface area (Å²) in [6.07, 6.45) is 2.10. The lowest BCUT2D eigenvalue weighted by atomic mass is 9.70. The Bertz CT molecular complexity index is 2020. The number of anilines is 1. The fraction of sp³-hybridized carbons (Fsp3) is 0.471. The highest BCUT2D eigenvalue weighted by Crippen LogP contribution is 2.48. The van der Waals surface area contributed by atoms with Gasteiger partial charge in [-0.15, -0.1) is 23.1 Å². The molecule has 0 radical (unpaired) electrons. The van der Waals surface area contributed by atoms with Crippen molar-refractivity contribution >= 4 is 81.0 Å². The molecule has 4 fully saturated rings. The van der Waals surface area contributed by atoms with Crippen molar-refractivity contribution in [3.8, 4) is 11.5 Å². The maximum absolute atomic E-state index is 13.6. The largest absolute Gasteiger partial charge is 0.504 e. The van der Waals surface area contributed by atoms with Crippen LogP contribution >= 0.6 is 34.7 Å². The summed E-state index contributed by atoms with van der Waals surface area (Å²) in [7, 11) is 0. The van der Waals surface area contributed by atoms with E-state index in [9.17, 15) is 49.2 Å². The molecular formula is C34H39ClN7O11S2+. The van der Waals surface area contributed by atoms with Gasteiger partial charge in [-0.25, -0.2) is 14.6 Å². The number of piperidine rings is 3. The molecule has 0 aliphatic carbocycles. The average Bonchev–Trinajstić information content (AvgIpc) is 3.57. The molecular weight excluding hydrogens is 782 g/mol. The number of nitrogens with zero attached hydrogens (tertiary/aromatic N) is 4. The van der Waals surface area contributed by atoms with Crippen LogP contribution < -0.4 is 16.4 Å². The van der Waals surface area contributed by atoms with Gasteiger partial charge in [-0.2, -0.15) is 0 Å². The van der Waals surface area contributed by atoms with Crippen LogP contribution in [0.3, 0.4) is 0 Å².